The van der Waals surface area contributed by atoms with E-state index in [-0.39, 0.29) is 12.2 Å². The van der Waals surface area contributed by atoms with Gasteiger partial charge in [0.1, 0.15) is 35.9 Å². The summed E-state index contributed by atoms with van der Waals surface area (Å²) in [5, 5.41) is 9.30. The number of carbonyl (C=O) groups excluding carboxylic acids is 1. The Morgan fingerprint density at radius 2 is 2.11 bits per heavy atom. The summed E-state index contributed by atoms with van der Waals surface area (Å²) in [6, 6.07) is 6.47. The van der Waals surface area contributed by atoms with Gasteiger partial charge in [-0.05, 0) is 30.2 Å². The number of rotatable bonds is 2. The molecule has 3 aliphatic heterocycles. The Morgan fingerprint density at radius 1 is 1.30 bits per heavy atom. The van der Waals surface area contributed by atoms with E-state index in [0.717, 1.165) is 10.5 Å². The van der Waals surface area contributed by atoms with Gasteiger partial charge < -0.3 is 14.6 Å². The number of carboxylic acid groups (broad SMARTS) is 1. The molecule has 1 unspecified atom stereocenters. The van der Waals surface area contributed by atoms with E-state index in [1.807, 2.05) is 6.07 Å². The highest BCUT2D eigenvalue weighted by Gasteiger charge is 2.59. The third-order valence-electron chi connectivity index (χ3n) is 5.62. The molecule has 1 amide bonds. The summed E-state index contributed by atoms with van der Waals surface area (Å²) in [7, 11) is 0. The Morgan fingerprint density at radius 3 is 2.89 bits per heavy atom. The van der Waals surface area contributed by atoms with Gasteiger partial charge in [-0.1, -0.05) is 6.07 Å². The monoisotopic (exact) mass is 369 g/mol. The molecular formula is C20H16FNO5. The summed E-state index contributed by atoms with van der Waals surface area (Å²) in [6.07, 6.45) is 0.703. The van der Waals surface area contributed by atoms with Gasteiger partial charge in [0.2, 0.25) is 5.91 Å². The summed E-state index contributed by atoms with van der Waals surface area (Å²) in [4.78, 5) is 26.0. The Bertz CT molecular complexity index is 1030. The topological polar surface area (TPSA) is 76.1 Å². The van der Waals surface area contributed by atoms with Crippen LogP contribution in [0.15, 0.2) is 24.3 Å². The van der Waals surface area contributed by atoms with Gasteiger partial charge in [0, 0.05) is 23.6 Å². The van der Waals surface area contributed by atoms with Crippen molar-refractivity contribution in [3.63, 3.8) is 0 Å². The maximum absolute atomic E-state index is 15.0. The van der Waals surface area contributed by atoms with Crippen LogP contribution in [-0.2, 0) is 21.4 Å². The second-order valence-electron chi connectivity index (χ2n) is 7.12. The van der Waals surface area contributed by atoms with Gasteiger partial charge in [-0.15, -0.1) is 0 Å². The summed E-state index contributed by atoms with van der Waals surface area (Å²) in [5.74, 6) is -0.969. The minimum absolute atomic E-state index is 0.0620. The molecule has 2 aromatic rings. The number of anilines is 1. The average molecular weight is 369 g/mol. The van der Waals surface area contributed by atoms with E-state index in [1.54, 1.807) is 19.1 Å². The first-order chi connectivity index (χ1) is 12.9. The number of ether oxygens (including phenoxy) is 2. The molecule has 1 spiro atoms. The smallest absolute Gasteiger partial charge is 0.323 e. The molecule has 1 N–H and O–H groups in total. The highest BCUT2D eigenvalue weighted by molar-refractivity contribution is 6.14. The van der Waals surface area contributed by atoms with E-state index in [2.05, 4.69) is 0 Å². The number of fused-ring (bicyclic) bond motifs is 5. The van der Waals surface area contributed by atoms with Crippen LogP contribution >= 0.6 is 0 Å². The lowest BCUT2D eigenvalue weighted by molar-refractivity contribution is -0.137. The molecule has 6 nitrogen and oxygen atoms in total. The van der Waals surface area contributed by atoms with Crippen molar-refractivity contribution in [2.75, 3.05) is 24.7 Å². The maximum Gasteiger partial charge on any atom is 0.323 e. The molecule has 0 bridgehead atoms. The van der Waals surface area contributed by atoms with Crippen molar-refractivity contribution in [1.29, 1.82) is 0 Å². The van der Waals surface area contributed by atoms with Gasteiger partial charge >= 0.3 is 5.97 Å². The Hall–Kier alpha value is -3.09. The molecule has 138 valence electrons. The van der Waals surface area contributed by atoms with E-state index in [9.17, 15) is 14.7 Å². The summed E-state index contributed by atoms with van der Waals surface area (Å²) in [5.41, 5.74) is 1.33. The van der Waals surface area contributed by atoms with Crippen LogP contribution < -0.4 is 14.4 Å². The molecule has 27 heavy (non-hydrogen) atoms. The standard InChI is InChI=1S/C20H16FNO5/c1-10-2-3-13(21)17-18(10)22(8-16(23)24)19(25)20(17)9-27-15-7-14-11(4-5-26-14)6-12(15)20/h2-3,6-7H,4-5,8-9H2,1H3,(H,23,24). The third kappa shape index (κ3) is 1.94. The zero-order chi connectivity index (χ0) is 18.9. The van der Waals surface area contributed by atoms with E-state index in [0.29, 0.717) is 41.3 Å². The fraction of sp³-hybridized carbons (Fsp3) is 0.300. The number of amides is 1. The van der Waals surface area contributed by atoms with E-state index in [1.165, 1.54) is 6.07 Å². The molecule has 5 rings (SSSR count). The van der Waals surface area contributed by atoms with E-state index >= 15 is 4.39 Å². The number of aliphatic carboxylic acids is 1. The number of carbonyl (C=O) groups is 2. The van der Waals surface area contributed by atoms with Crippen LogP contribution in [0.5, 0.6) is 11.5 Å². The van der Waals surface area contributed by atoms with E-state index < -0.39 is 29.7 Å². The van der Waals surface area contributed by atoms with Crippen LogP contribution in [0.1, 0.15) is 22.3 Å². The number of nitrogens with zero attached hydrogens (tertiary/aromatic N) is 1. The van der Waals surface area contributed by atoms with Crippen LogP contribution in [0.2, 0.25) is 0 Å². The lowest BCUT2D eigenvalue weighted by Crippen LogP contribution is -2.44. The van der Waals surface area contributed by atoms with Crippen LogP contribution in [-0.4, -0.2) is 36.7 Å². The molecule has 1 atom stereocenters. The number of carboxylic acids is 1. The second-order valence-corrected chi connectivity index (χ2v) is 7.12. The van der Waals surface area contributed by atoms with Gasteiger partial charge in [0.15, 0.2) is 0 Å². The normalized spacial score (nSPS) is 21.7. The molecule has 0 saturated heterocycles. The molecule has 0 aromatic heterocycles. The van der Waals surface area contributed by atoms with Crippen molar-refractivity contribution >= 4 is 17.6 Å². The lowest BCUT2D eigenvalue weighted by Gasteiger charge is -2.22. The molecule has 2 aromatic carbocycles. The lowest BCUT2D eigenvalue weighted by atomic mass is 9.76. The van der Waals surface area contributed by atoms with Gasteiger partial charge in [-0.25, -0.2) is 4.39 Å². The molecular weight excluding hydrogens is 353 g/mol. The summed E-state index contributed by atoms with van der Waals surface area (Å²) >= 11 is 0. The third-order valence-corrected chi connectivity index (χ3v) is 5.62. The molecule has 0 fully saturated rings. The zero-order valence-electron chi connectivity index (χ0n) is 14.5. The number of hydrogen-bond acceptors (Lipinski definition) is 4. The number of benzene rings is 2. The van der Waals surface area contributed by atoms with Crippen molar-refractivity contribution < 1.29 is 28.6 Å². The van der Waals surface area contributed by atoms with Crippen LogP contribution in [0.25, 0.3) is 0 Å². The Labute approximate surface area is 154 Å². The van der Waals surface area contributed by atoms with Crippen molar-refractivity contribution in [1.82, 2.24) is 0 Å². The van der Waals surface area contributed by atoms with Crippen LogP contribution in [0.4, 0.5) is 10.1 Å². The second kappa shape index (κ2) is 5.22. The SMILES string of the molecule is Cc1ccc(F)c2c1N(CC(=O)O)C(=O)C21COc2cc3c(cc21)CCO3. The summed E-state index contributed by atoms with van der Waals surface area (Å²) < 4.78 is 26.4. The number of hydrogen-bond donors (Lipinski definition) is 1. The Balaban J connectivity index is 1.80. The van der Waals surface area contributed by atoms with Crippen molar-refractivity contribution in [2.24, 2.45) is 0 Å². The molecule has 0 aliphatic carbocycles. The van der Waals surface area contributed by atoms with Gasteiger partial charge in [-0.3, -0.25) is 14.5 Å². The minimum Gasteiger partial charge on any atom is -0.493 e. The van der Waals surface area contributed by atoms with Gasteiger partial charge in [0.25, 0.3) is 0 Å². The number of halogens is 1. The highest BCUT2D eigenvalue weighted by atomic mass is 19.1. The van der Waals surface area contributed by atoms with Gasteiger partial charge in [-0.2, -0.15) is 0 Å². The minimum atomic E-state index is -1.37. The zero-order valence-corrected chi connectivity index (χ0v) is 14.5. The first-order valence-corrected chi connectivity index (χ1v) is 8.70. The quantitative estimate of drug-likeness (QED) is 0.878. The number of aryl methyl sites for hydroxylation is 1. The van der Waals surface area contributed by atoms with Crippen molar-refractivity contribution in [3.8, 4) is 11.5 Å². The maximum atomic E-state index is 15.0. The molecule has 0 radical (unpaired) electrons. The first kappa shape index (κ1) is 16.1. The average Bonchev–Trinajstić information content (AvgIpc) is 3.29. The largest absolute Gasteiger partial charge is 0.493 e. The summed E-state index contributed by atoms with van der Waals surface area (Å²) in [6.45, 7) is 1.70. The highest BCUT2D eigenvalue weighted by Crippen LogP contribution is 2.55. The fourth-order valence-corrected chi connectivity index (χ4v) is 4.46. The molecule has 0 saturated carbocycles. The van der Waals surface area contributed by atoms with Crippen LogP contribution in [0, 0.1) is 12.7 Å². The van der Waals surface area contributed by atoms with Crippen LogP contribution in [0.3, 0.4) is 0 Å². The molecule has 3 aliphatic rings. The predicted molar refractivity (Wildman–Crippen MR) is 93.0 cm³/mol. The molecule has 3 heterocycles. The van der Waals surface area contributed by atoms with E-state index in [4.69, 9.17) is 9.47 Å². The van der Waals surface area contributed by atoms with Crippen molar-refractivity contribution in [2.45, 2.75) is 18.8 Å². The fourth-order valence-electron chi connectivity index (χ4n) is 4.46. The molecule has 7 heteroatoms. The predicted octanol–water partition coefficient (Wildman–Crippen LogP) is 2.18. The first-order valence-electron chi connectivity index (χ1n) is 8.70. The Kier molecular flexibility index (Phi) is 3.11. The van der Waals surface area contributed by atoms with Crippen molar-refractivity contribution in [3.05, 3.63) is 52.3 Å². The van der Waals surface area contributed by atoms with Gasteiger partial charge in [0.05, 0.1) is 12.3 Å².